The quantitative estimate of drug-likeness (QED) is 0.192. The number of hydrogen-bond donors (Lipinski definition) is 0. The van der Waals surface area contributed by atoms with Crippen molar-refractivity contribution in [1.82, 2.24) is 0 Å². The Balaban J connectivity index is 2.82. The van der Waals surface area contributed by atoms with Crippen LogP contribution in [0.25, 0.3) is 0 Å². The first-order chi connectivity index (χ1) is 21.9. The van der Waals surface area contributed by atoms with Crippen LogP contribution >= 0.6 is 11.8 Å². The topological polar surface area (TPSA) is 229 Å². The number of thioether (sulfide) groups is 1. The van der Waals surface area contributed by atoms with Gasteiger partial charge in [0, 0.05) is 55.4 Å². The number of hydrogen-bond acceptors (Lipinski definition) is 19. The van der Waals surface area contributed by atoms with E-state index in [9.17, 15) is 38.4 Å². The summed E-state index contributed by atoms with van der Waals surface area (Å²) in [6.45, 7) is 7.45. The zero-order valence-electron chi connectivity index (χ0n) is 26.9. The number of carbonyl (C=O) groups is 8. The Morgan fingerprint density at radius 1 is 0.426 bits per heavy atom. The van der Waals surface area contributed by atoms with Gasteiger partial charge >= 0.3 is 47.8 Å². The number of rotatable bonds is 12. The molecule has 0 aliphatic carbocycles. The van der Waals surface area contributed by atoms with Gasteiger partial charge in [0.15, 0.2) is 12.2 Å². The third-order valence-corrected chi connectivity index (χ3v) is 7.87. The molecule has 264 valence electrons. The van der Waals surface area contributed by atoms with Crippen molar-refractivity contribution in [3.8, 4) is 0 Å². The molecule has 0 aromatic carbocycles. The molecule has 2 fully saturated rings. The van der Waals surface area contributed by atoms with Crippen LogP contribution in [0.3, 0.4) is 0 Å². The zero-order valence-corrected chi connectivity index (χ0v) is 27.8. The highest BCUT2D eigenvalue weighted by atomic mass is 32.2. The van der Waals surface area contributed by atoms with Crippen molar-refractivity contribution >= 4 is 59.5 Å². The summed E-state index contributed by atoms with van der Waals surface area (Å²) < 4.78 is 54.6. The Morgan fingerprint density at radius 2 is 0.702 bits per heavy atom. The summed E-state index contributed by atoms with van der Waals surface area (Å²) in [5.41, 5.74) is 0. The highest BCUT2D eigenvalue weighted by molar-refractivity contribution is 8.00. The molecule has 2 rings (SSSR count). The van der Waals surface area contributed by atoms with Crippen LogP contribution in [0.5, 0.6) is 0 Å². The predicted octanol–water partition coefficient (Wildman–Crippen LogP) is -0.114. The van der Waals surface area contributed by atoms with Gasteiger partial charge in [0.25, 0.3) is 0 Å². The summed E-state index contributed by atoms with van der Waals surface area (Å²) in [4.78, 5) is 97.0. The van der Waals surface area contributed by atoms with Crippen LogP contribution in [0.4, 0.5) is 0 Å². The second-order valence-electron chi connectivity index (χ2n) is 10.3. The predicted molar refractivity (Wildman–Crippen MR) is 152 cm³/mol. The van der Waals surface area contributed by atoms with E-state index in [1.165, 1.54) is 0 Å². The molecular weight excluding hydrogens is 656 g/mol. The Hall–Kier alpha value is -3.97. The third-order valence-electron chi connectivity index (χ3n) is 6.17. The van der Waals surface area contributed by atoms with Gasteiger partial charge in [-0.3, -0.25) is 38.4 Å². The lowest BCUT2D eigenvalue weighted by atomic mass is 10.0. The average Bonchev–Trinajstić information content (AvgIpc) is 2.91. The van der Waals surface area contributed by atoms with E-state index in [0.717, 1.165) is 67.2 Å². The van der Waals surface area contributed by atoms with Crippen molar-refractivity contribution in [2.75, 3.05) is 13.2 Å². The molecule has 0 saturated carbocycles. The van der Waals surface area contributed by atoms with Crippen LogP contribution in [0.2, 0.25) is 0 Å². The molecule has 0 spiro atoms. The largest absolute Gasteiger partial charge is 0.463 e. The fourth-order valence-electron chi connectivity index (χ4n) is 4.73. The van der Waals surface area contributed by atoms with E-state index in [-0.39, 0.29) is 0 Å². The van der Waals surface area contributed by atoms with Crippen LogP contribution in [0.1, 0.15) is 55.4 Å². The van der Waals surface area contributed by atoms with E-state index in [1.54, 1.807) is 0 Å². The van der Waals surface area contributed by atoms with E-state index >= 15 is 0 Å². The van der Waals surface area contributed by atoms with Gasteiger partial charge in [0.2, 0.25) is 12.6 Å². The maximum Gasteiger partial charge on any atom is 0.305 e. The standard InChI is InChI=1S/C28H38O18S/c1-11(29)37-9-19-21(39-13(3)31)25(23(41-15(5)33)27(45-19)43-17(7)35)47-26-22(40-14(4)32)20(10-38-12(2)30)46-28(44-18(8)36)24(26)42-16(6)34/h19-28H,9-10H2,1-8H3. The Kier molecular flexibility index (Phi) is 14.9. The second kappa shape index (κ2) is 17.8. The van der Waals surface area contributed by atoms with Crippen LogP contribution < -0.4 is 0 Å². The lowest BCUT2D eigenvalue weighted by molar-refractivity contribution is -0.270. The van der Waals surface area contributed by atoms with Gasteiger partial charge < -0.3 is 47.4 Å². The zero-order chi connectivity index (χ0) is 35.6. The SMILES string of the molecule is CC(=O)OCC1OC(OC(C)=O)C(OC(C)=O)C(SC2C(OC(C)=O)C(COC(C)=O)OC(OC(C)=O)C2OC(C)=O)C1OC(C)=O. The number of carbonyl (C=O) groups excluding carboxylic acids is 8. The molecule has 47 heavy (non-hydrogen) atoms. The summed E-state index contributed by atoms with van der Waals surface area (Å²) in [5, 5.41) is -2.65. The summed E-state index contributed by atoms with van der Waals surface area (Å²) in [7, 11) is 0. The fraction of sp³-hybridized carbons (Fsp3) is 0.714. The molecule has 0 radical (unpaired) electrons. The van der Waals surface area contributed by atoms with Crippen molar-refractivity contribution in [3.63, 3.8) is 0 Å². The normalized spacial score (nSPS) is 30.0. The van der Waals surface area contributed by atoms with E-state index in [0.29, 0.717) is 0 Å². The fourth-order valence-corrected chi connectivity index (χ4v) is 6.55. The molecule has 10 unspecified atom stereocenters. The first-order valence-corrected chi connectivity index (χ1v) is 15.1. The highest BCUT2D eigenvalue weighted by Gasteiger charge is 2.58. The monoisotopic (exact) mass is 694 g/mol. The van der Waals surface area contributed by atoms with Crippen molar-refractivity contribution in [2.24, 2.45) is 0 Å². The van der Waals surface area contributed by atoms with E-state index in [2.05, 4.69) is 0 Å². The highest BCUT2D eigenvalue weighted by Crippen LogP contribution is 2.43. The van der Waals surface area contributed by atoms with E-state index in [1.807, 2.05) is 0 Å². The van der Waals surface area contributed by atoms with Crippen LogP contribution in [-0.2, 0) is 85.7 Å². The molecule has 0 aromatic heterocycles. The van der Waals surface area contributed by atoms with Gasteiger partial charge in [-0.15, -0.1) is 11.8 Å². The molecule has 19 heteroatoms. The maximum atomic E-state index is 12.4. The molecule has 0 aromatic rings. The molecule has 18 nitrogen and oxygen atoms in total. The smallest absolute Gasteiger partial charge is 0.305 e. The van der Waals surface area contributed by atoms with Crippen LogP contribution in [-0.4, -0.2) is 121 Å². The molecule has 0 bridgehead atoms. The van der Waals surface area contributed by atoms with Crippen LogP contribution in [0, 0.1) is 0 Å². The molecule has 2 heterocycles. The molecule has 0 N–H and O–H groups in total. The lowest BCUT2D eigenvalue weighted by Gasteiger charge is -2.48. The molecule has 2 aliphatic rings. The minimum Gasteiger partial charge on any atom is -0.463 e. The second-order valence-corrected chi connectivity index (χ2v) is 11.6. The maximum absolute atomic E-state index is 12.4. The minimum absolute atomic E-state index is 0.533. The lowest BCUT2D eigenvalue weighted by Crippen LogP contribution is -2.65. The first kappa shape index (κ1) is 39.2. The van der Waals surface area contributed by atoms with Gasteiger partial charge in [-0.05, 0) is 0 Å². The summed E-state index contributed by atoms with van der Waals surface area (Å²) in [5.74, 6) is -6.68. The Morgan fingerprint density at radius 3 is 0.957 bits per heavy atom. The molecule has 0 amide bonds. The van der Waals surface area contributed by atoms with Crippen LogP contribution in [0.15, 0.2) is 0 Å². The molecule has 2 saturated heterocycles. The summed E-state index contributed by atoms with van der Waals surface area (Å²) in [6, 6.07) is 0. The van der Waals surface area contributed by atoms with Crippen molar-refractivity contribution in [2.45, 2.75) is 115 Å². The van der Waals surface area contributed by atoms with Crippen molar-refractivity contribution in [3.05, 3.63) is 0 Å². The minimum atomic E-state index is -1.67. The van der Waals surface area contributed by atoms with Gasteiger partial charge in [-0.25, -0.2) is 0 Å². The van der Waals surface area contributed by atoms with Crippen molar-refractivity contribution < 1.29 is 85.7 Å². The summed E-state index contributed by atoms with van der Waals surface area (Å²) >= 11 is 0.747. The molecule has 2 aliphatic heterocycles. The average molecular weight is 695 g/mol. The number of ether oxygens (including phenoxy) is 10. The number of esters is 8. The Labute approximate surface area is 273 Å². The van der Waals surface area contributed by atoms with Crippen molar-refractivity contribution in [1.29, 1.82) is 0 Å². The van der Waals surface area contributed by atoms with E-state index in [4.69, 9.17) is 47.4 Å². The third kappa shape index (κ3) is 12.3. The Bertz CT molecular complexity index is 1110. The van der Waals surface area contributed by atoms with Gasteiger partial charge in [-0.1, -0.05) is 0 Å². The summed E-state index contributed by atoms with van der Waals surface area (Å²) in [6.07, 6.45) is -12.0. The van der Waals surface area contributed by atoms with E-state index < -0.39 is 121 Å². The first-order valence-electron chi connectivity index (χ1n) is 14.2. The van der Waals surface area contributed by atoms with Gasteiger partial charge in [0.1, 0.15) is 37.6 Å². The van der Waals surface area contributed by atoms with Gasteiger partial charge in [-0.2, -0.15) is 0 Å². The molecular formula is C28H38O18S. The molecule has 10 atom stereocenters. The van der Waals surface area contributed by atoms with Gasteiger partial charge in [0.05, 0.1) is 10.5 Å².